The molecule has 2 aliphatic rings. The second-order valence-electron chi connectivity index (χ2n) is 6.73. The van der Waals surface area contributed by atoms with Gasteiger partial charge in [0.25, 0.3) is 0 Å². The van der Waals surface area contributed by atoms with Crippen LogP contribution in [0, 0.1) is 5.92 Å². The van der Waals surface area contributed by atoms with Crippen molar-refractivity contribution in [3.05, 3.63) is 48.9 Å². The van der Waals surface area contributed by atoms with E-state index >= 15 is 0 Å². The van der Waals surface area contributed by atoms with Crippen molar-refractivity contribution in [2.75, 3.05) is 37.7 Å². The standard InChI is InChI=1S/C19H24N4O/c1-2-4-18(5-3-1)24-14-16-6-7-17-13-23(11-10-22(17)12-16)19-8-9-20-15-21-19/h1-5,8-9,15-17H,6-7,10-14H2. The SMILES string of the molecule is c1ccc(OCC2CCC3CN(c4ccncn4)CCN3C2)cc1. The van der Waals surface area contributed by atoms with Crippen LogP contribution < -0.4 is 9.64 Å². The third-order valence-electron chi connectivity index (χ3n) is 5.12. The van der Waals surface area contributed by atoms with Crippen molar-refractivity contribution in [1.29, 1.82) is 0 Å². The number of hydrogen-bond donors (Lipinski definition) is 0. The first-order valence-electron chi connectivity index (χ1n) is 8.81. The fourth-order valence-corrected chi connectivity index (χ4v) is 3.80. The summed E-state index contributed by atoms with van der Waals surface area (Å²) in [4.78, 5) is 13.4. The molecule has 2 aliphatic heterocycles. The lowest BCUT2D eigenvalue weighted by molar-refractivity contribution is 0.0727. The number of anilines is 1. The van der Waals surface area contributed by atoms with Crippen molar-refractivity contribution in [1.82, 2.24) is 14.9 Å². The largest absolute Gasteiger partial charge is 0.493 e. The van der Waals surface area contributed by atoms with E-state index in [9.17, 15) is 0 Å². The van der Waals surface area contributed by atoms with E-state index in [-0.39, 0.29) is 0 Å². The number of para-hydroxylation sites is 1. The Kier molecular flexibility index (Phi) is 4.60. The summed E-state index contributed by atoms with van der Waals surface area (Å²) in [6, 6.07) is 12.8. The number of benzene rings is 1. The quantitative estimate of drug-likeness (QED) is 0.864. The van der Waals surface area contributed by atoms with Gasteiger partial charge in [-0.2, -0.15) is 0 Å². The molecular formula is C19H24N4O. The zero-order valence-electron chi connectivity index (χ0n) is 13.9. The van der Waals surface area contributed by atoms with Gasteiger partial charge in [0.1, 0.15) is 17.9 Å². The average Bonchev–Trinajstić information content (AvgIpc) is 2.67. The van der Waals surface area contributed by atoms with Gasteiger partial charge in [-0.05, 0) is 31.0 Å². The Morgan fingerprint density at radius 3 is 2.79 bits per heavy atom. The Labute approximate surface area is 143 Å². The molecule has 2 atom stereocenters. The van der Waals surface area contributed by atoms with E-state index in [0.29, 0.717) is 12.0 Å². The summed E-state index contributed by atoms with van der Waals surface area (Å²) in [5, 5.41) is 0. The Hall–Kier alpha value is -2.14. The Balaban J connectivity index is 1.30. The zero-order valence-corrected chi connectivity index (χ0v) is 13.9. The first-order chi connectivity index (χ1) is 11.9. The molecule has 5 nitrogen and oxygen atoms in total. The molecule has 0 radical (unpaired) electrons. The third-order valence-corrected chi connectivity index (χ3v) is 5.12. The predicted octanol–water partition coefficient (Wildman–Crippen LogP) is 2.46. The van der Waals surface area contributed by atoms with Crippen LogP contribution in [-0.4, -0.2) is 53.7 Å². The molecule has 0 N–H and O–H groups in total. The van der Waals surface area contributed by atoms with E-state index in [0.717, 1.165) is 44.4 Å². The number of hydrogen-bond acceptors (Lipinski definition) is 5. The molecule has 24 heavy (non-hydrogen) atoms. The van der Waals surface area contributed by atoms with Crippen LogP contribution in [0.3, 0.4) is 0 Å². The van der Waals surface area contributed by atoms with Crippen LogP contribution in [0.25, 0.3) is 0 Å². The van der Waals surface area contributed by atoms with Crippen molar-refractivity contribution in [3.63, 3.8) is 0 Å². The molecule has 126 valence electrons. The first-order valence-corrected chi connectivity index (χ1v) is 8.81. The molecule has 2 fully saturated rings. The van der Waals surface area contributed by atoms with Crippen molar-refractivity contribution in [2.45, 2.75) is 18.9 Å². The Bertz CT molecular complexity index is 636. The molecule has 5 heteroatoms. The second-order valence-corrected chi connectivity index (χ2v) is 6.73. The van der Waals surface area contributed by atoms with E-state index in [2.05, 4.69) is 19.8 Å². The van der Waals surface area contributed by atoms with Gasteiger partial charge >= 0.3 is 0 Å². The summed E-state index contributed by atoms with van der Waals surface area (Å²) in [6.07, 6.45) is 5.95. The van der Waals surface area contributed by atoms with Gasteiger partial charge in [0, 0.05) is 44.3 Å². The Morgan fingerprint density at radius 2 is 1.96 bits per heavy atom. The van der Waals surface area contributed by atoms with Crippen LogP contribution in [0.4, 0.5) is 5.82 Å². The molecule has 4 rings (SSSR count). The van der Waals surface area contributed by atoms with E-state index in [1.807, 2.05) is 42.6 Å². The molecule has 0 saturated carbocycles. The van der Waals surface area contributed by atoms with Gasteiger partial charge in [0.2, 0.25) is 0 Å². The summed E-state index contributed by atoms with van der Waals surface area (Å²) >= 11 is 0. The van der Waals surface area contributed by atoms with E-state index in [1.165, 1.54) is 12.8 Å². The van der Waals surface area contributed by atoms with Gasteiger partial charge < -0.3 is 9.64 Å². The topological polar surface area (TPSA) is 41.5 Å². The summed E-state index contributed by atoms with van der Waals surface area (Å²) in [6.45, 7) is 5.19. The fourth-order valence-electron chi connectivity index (χ4n) is 3.80. The molecule has 1 aromatic heterocycles. The maximum absolute atomic E-state index is 5.96. The molecule has 0 spiro atoms. The smallest absolute Gasteiger partial charge is 0.131 e. The number of rotatable bonds is 4. The highest BCUT2D eigenvalue weighted by molar-refractivity contribution is 5.37. The molecule has 2 saturated heterocycles. The maximum atomic E-state index is 5.96. The summed E-state index contributed by atoms with van der Waals surface area (Å²) in [7, 11) is 0. The molecule has 2 aromatic rings. The molecule has 0 aliphatic carbocycles. The number of nitrogens with zero attached hydrogens (tertiary/aromatic N) is 4. The fraction of sp³-hybridized carbons (Fsp3) is 0.474. The number of ether oxygens (including phenoxy) is 1. The lowest BCUT2D eigenvalue weighted by atomic mass is 9.91. The van der Waals surface area contributed by atoms with E-state index in [4.69, 9.17) is 4.74 Å². The number of aromatic nitrogens is 2. The zero-order chi connectivity index (χ0) is 16.2. The lowest BCUT2D eigenvalue weighted by Gasteiger charge is -2.46. The van der Waals surface area contributed by atoms with Crippen LogP contribution in [0.1, 0.15) is 12.8 Å². The lowest BCUT2D eigenvalue weighted by Crippen LogP contribution is -2.57. The third kappa shape index (κ3) is 3.51. The van der Waals surface area contributed by atoms with Crippen LogP contribution in [0.15, 0.2) is 48.9 Å². The van der Waals surface area contributed by atoms with Gasteiger partial charge in [-0.25, -0.2) is 9.97 Å². The van der Waals surface area contributed by atoms with E-state index in [1.54, 1.807) is 6.33 Å². The number of piperazine rings is 1. The van der Waals surface area contributed by atoms with Crippen molar-refractivity contribution >= 4 is 5.82 Å². The second kappa shape index (κ2) is 7.18. The highest BCUT2D eigenvalue weighted by Gasteiger charge is 2.33. The summed E-state index contributed by atoms with van der Waals surface area (Å²) in [5.41, 5.74) is 0. The number of piperidine rings is 1. The van der Waals surface area contributed by atoms with Crippen molar-refractivity contribution in [2.24, 2.45) is 5.92 Å². The minimum absolute atomic E-state index is 0.632. The minimum Gasteiger partial charge on any atom is -0.493 e. The van der Waals surface area contributed by atoms with Crippen LogP contribution in [-0.2, 0) is 0 Å². The normalized spacial score (nSPS) is 24.4. The minimum atomic E-state index is 0.632. The van der Waals surface area contributed by atoms with E-state index < -0.39 is 0 Å². The predicted molar refractivity (Wildman–Crippen MR) is 94.3 cm³/mol. The molecule has 3 heterocycles. The van der Waals surface area contributed by atoms with Crippen LogP contribution in [0.2, 0.25) is 0 Å². The van der Waals surface area contributed by atoms with Crippen LogP contribution >= 0.6 is 0 Å². The highest BCUT2D eigenvalue weighted by Crippen LogP contribution is 2.27. The van der Waals surface area contributed by atoms with Gasteiger partial charge in [-0.3, -0.25) is 4.90 Å². The van der Waals surface area contributed by atoms with Gasteiger partial charge in [0.15, 0.2) is 0 Å². The average molecular weight is 324 g/mol. The van der Waals surface area contributed by atoms with Gasteiger partial charge in [-0.1, -0.05) is 18.2 Å². The molecule has 1 aromatic carbocycles. The maximum Gasteiger partial charge on any atom is 0.131 e. The highest BCUT2D eigenvalue weighted by atomic mass is 16.5. The summed E-state index contributed by atoms with van der Waals surface area (Å²) in [5.74, 6) is 2.67. The molecule has 0 amide bonds. The molecular weight excluding hydrogens is 300 g/mol. The summed E-state index contributed by atoms with van der Waals surface area (Å²) < 4.78 is 5.96. The molecule has 2 unspecified atom stereocenters. The van der Waals surface area contributed by atoms with Crippen molar-refractivity contribution < 1.29 is 4.74 Å². The van der Waals surface area contributed by atoms with Crippen molar-refractivity contribution in [3.8, 4) is 5.75 Å². The first kappa shape index (κ1) is 15.4. The van der Waals surface area contributed by atoms with Gasteiger partial charge in [-0.15, -0.1) is 0 Å². The Morgan fingerprint density at radius 1 is 1.04 bits per heavy atom. The monoisotopic (exact) mass is 324 g/mol. The molecule has 0 bridgehead atoms. The van der Waals surface area contributed by atoms with Gasteiger partial charge in [0.05, 0.1) is 6.61 Å². The number of fused-ring (bicyclic) bond motifs is 1. The van der Waals surface area contributed by atoms with Crippen LogP contribution in [0.5, 0.6) is 5.75 Å².